The molecular formula is C17H27I. The van der Waals surface area contributed by atoms with Crippen LogP contribution in [0.25, 0.3) is 0 Å². The van der Waals surface area contributed by atoms with Gasteiger partial charge < -0.3 is 0 Å². The Morgan fingerprint density at radius 2 is 1.50 bits per heavy atom. The first-order chi connectivity index (χ1) is 8.83. The van der Waals surface area contributed by atoms with E-state index in [9.17, 15) is 0 Å². The van der Waals surface area contributed by atoms with Gasteiger partial charge in [0.1, 0.15) is 0 Å². The molecule has 0 saturated heterocycles. The highest BCUT2D eigenvalue weighted by molar-refractivity contribution is 14.1. The Kier molecular flexibility index (Phi) is 9.63. The Hall–Kier alpha value is -0.0500. The van der Waals surface area contributed by atoms with Crippen LogP contribution in [-0.2, 0) is 6.42 Å². The molecule has 0 radical (unpaired) electrons. The topological polar surface area (TPSA) is 0 Å². The lowest BCUT2D eigenvalue weighted by molar-refractivity contribution is 0.481. The first-order valence-corrected chi connectivity index (χ1v) is 8.95. The molecule has 0 spiro atoms. The zero-order valence-electron chi connectivity index (χ0n) is 11.7. The van der Waals surface area contributed by atoms with E-state index in [1.165, 1.54) is 61.4 Å². The van der Waals surface area contributed by atoms with Gasteiger partial charge in [0, 0.05) is 0 Å². The Morgan fingerprint density at radius 3 is 2.17 bits per heavy atom. The lowest BCUT2D eigenvalue weighted by Gasteiger charge is -2.11. The smallest absolute Gasteiger partial charge is 0.000473 e. The molecule has 1 aromatic rings. The molecule has 1 rings (SSSR count). The molecule has 1 heteroatoms. The zero-order chi connectivity index (χ0) is 13.1. The summed E-state index contributed by atoms with van der Waals surface area (Å²) in [6.45, 7) is 2.39. The molecule has 0 nitrogen and oxygen atoms in total. The summed E-state index contributed by atoms with van der Waals surface area (Å²) in [5.74, 6) is 0.835. The summed E-state index contributed by atoms with van der Waals surface area (Å²) < 4.78 is 1.33. The summed E-state index contributed by atoms with van der Waals surface area (Å²) >= 11 is 2.47. The van der Waals surface area contributed by atoms with E-state index < -0.39 is 0 Å². The van der Waals surface area contributed by atoms with Crippen molar-refractivity contribution < 1.29 is 0 Å². The van der Waals surface area contributed by atoms with Crippen LogP contribution in [0.4, 0.5) is 0 Å². The predicted octanol–water partition coefficient (Wildman–Crippen LogP) is 6.03. The maximum absolute atomic E-state index is 2.47. The molecule has 0 aliphatic carbocycles. The maximum Gasteiger partial charge on any atom is -0.000473 e. The van der Waals surface area contributed by atoms with Crippen LogP contribution in [0.15, 0.2) is 30.3 Å². The Balaban J connectivity index is 1.99. The SMILES string of the molecule is C[C@H](CCCCCCCCI)Cc1ccccc1. The highest BCUT2D eigenvalue weighted by Gasteiger charge is 2.03. The van der Waals surface area contributed by atoms with Gasteiger partial charge >= 0.3 is 0 Å². The van der Waals surface area contributed by atoms with E-state index in [0.29, 0.717) is 0 Å². The number of benzene rings is 1. The van der Waals surface area contributed by atoms with Gasteiger partial charge in [0.05, 0.1) is 0 Å². The minimum Gasteiger partial charge on any atom is -0.0864 e. The number of halogens is 1. The van der Waals surface area contributed by atoms with Crippen LogP contribution in [0.2, 0.25) is 0 Å². The second kappa shape index (κ2) is 10.8. The highest BCUT2D eigenvalue weighted by Crippen LogP contribution is 2.16. The first-order valence-electron chi connectivity index (χ1n) is 7.43. The largest absolute Gasteiger partial charge is 0.0864 e. The van der Waals surface area contributed by atoms with Crippen molar-refractivity contribution in [2.45, 2.75) is 58.3 Å². The van der Waals surface area contributed by atoms with Gasteiger partial charge in [-0.15, -0.1) is 0 Å². The van der Waals surface area contributed by atoms with E-state index in [2.05, 4.69) is 59.8 Å². The summed E-state index contributed by atoms with van der Waals surface area (Å²) in [5, 5.41) is 0. The van der Waals surface area contributed by atoms with Crippen LogP contribution >= 0.6 is 22.6 Å². The monoisotopic (exact) mass is 358 g/mol. The third-order valence-electron chi connectivity index (χ3n) is 3.51. The summed E-state index contributed by atoms with van der Waals surface area (Å²) in [6.07, 6.45) is 11.2. The van der Waals surface area contributed by atoms with E-state index >= 15 is 0 Å². The van der Waals surface area contributed by atoms with Crippen molar-refractivity contribution in [1.82, 2.24) is 0 Å². The third kappa shape index (κ3) is 8.12. The molecule has 0 aliphatic heterocycles. The van der Waals surface area contributed by atoms with Crippen molar-refractivity contribution >= 4 is 22.6 Å². The number of hydrogen-bond acceptors (Lipinski definition) is 0. The summed E-state index contributed by atoms with van der Waals surface area (Å²) in [7, 11) is 0. The van der Waals surface area contributed by atoms with Crippen LogP contribution in [0, 0.1) is 5.92 Å². The second-order valence-corrected chi connectivity index (χ2v) is 6.47. The lowest BCUT2D eigenvalue weighted by atomic mass is 9.95. The fourth-order valence-electron chi connectivity index (χ4n) is 2.41. The van der Waals surface area contributed by atoms with Crippen molar-refractivity contribution in [2.24, 2.45) is 5.92 Å². The molecule has 0 bridgehead atoms. The summed E-state index contributed by atoms with van der Waals surface area (Å²) in [4.78, 5) is 0. The molecule has 0 unspecified atom stereocenters. The minimum absolute atomic E-state index is 0.835. The lowest BCUT2D eigenvalue weighted by Crippen LogP contribution is -1.99. The molecule has 0 saturated carbocycles. The van der Waals surface area contributed by atoms with Crippen molar-refractivity contribution in [3.63, 3.8) is 0 Å². The van der Waals surface area contributed by atoms with Crippen molar-refractivity contribution in [1.29, 1.82) is 0 Å². The van der Waals surface area contributed by atoms with Crippen LogP contribution in [-0.4, -0.2) is 4.43 Å². The molecule has 0 fully saturated rings. The standard InChI is InChI=1S/C17H27I/c1-16(15-17-12-8-6-9-13-17)11-7-4-2-3-5-10-14-18/h6,8-9,12-13,16H,2-5,7,10-11,14-15H2,1H3/t16-/m1/s1. The van der Waals surface area contributed by atoms with Crippen molar-refractivity contribution in [3.8, 4) is 0 Å². The molecule has 1 atom stereocenters. The Labute approximate surface area is 127 Å². The van der Waals surface area contributed by atoms with E-state index in [4.69, 9.17) is 0 Å². The van der Waals surface area contributed by atoms with Gasteiger partial charge in [0.25, 0.3) is 0 Å². The number of hydrogen-bond donors (Lipinski definition) is 0. The molecule has 0 N–H and O–H groups in total. The van der Waals surface area contributed by atoms with Crippen LogP contribution in [0.1, 0.15) is 57.4 Å². The minimum atomic E-state index is 0.835. The number of rotatable bonds is 10. The first kappa shape index (κ1) is 16.0. The van der Waals surface area contributed by atoms with E-state index in [1.54, 1.807) is 0 Å². The molecule has 18 heavy (non-hydrogen) atoms. The van der Waals surface area contributed by atoms with Crippen molar-refractivity contribution in [3.05, 3.63) is 35.9 Å². The molecule has 102 valence electrons. The van der Waals surface area contributed by atoms with Gasteiger partial charge in [0.15, 0.2) is 0 Å². The normalized spacial score (nSPS) is 12.6. The number of unbranched alkanes of at least 4 members (excludes halogenated alkanes) is 5. The van der Waals surface area contributed by atoms with Crippen LogP contribution in [0.3, 0.4) is 0 Å². The quantitative estimate of drug-likeness (QED) is 0.272. The van der Waals surface area contributed by atoms with Crippen LogP contribution in [0.5, 0.6) is 0 Å². The fourth-order valence-corrected chi connectivity index (χ4v) is 2.95. The zero-order valence-corrected chi connectivity index (χ0v) is 13.9. The van der Waals surface area contributed by atoms with Gasteiger partial charge in [-0.05, 0) is 28.8 Å². The fraction of sp³-hybridized carbons (Fsp3) is 0.647. The van der Waals surface area contributed by atoms with Gasteiger partial charge in [-0.2, -0.15) is 0 Å². The molecule has 0 heterocycles. The Morgan fingerprint density at radius 1 is 0.889 bits per heavy atom. The summed E-state index contributed by atoms with van der Waals surface area (Å²) in [6, 6.07) is 10.9. The van der Waals surface area contributed by atoms with Gasteiger partial charge in [-0.3, -0.25) is 0 Å². The Bertz CT molecular complexity index is 281. The highest BCUT2D eigenvalue weighted by atomic mass is 127. The molecule has 1 aromatic carbocycles. The average molecular weight is 358 g/mol. The van der Waals surface area contributed by atoms with Gasteiger partial charge in [-0.1, -0.05) is 98.4 Å². The summed E-state index contributed by atoms with van der Waals surface area (Å²) in [5.41, 5.74) is 1.49. The average Bonchev–Trinajstić information content (AvgIpc) is 2.39. The second-order valence-electron chi connectivity index (χ2n) is 5.39. The molecule has 0 aliphatic rings. The molecule has 0 aromatic heterocycles. The van der Waals surface area contributed by atoms with Gasteiger partial charge in [-0.25, -0.2) is 0 Å². The number of alkyl halides is 1. The maximum atomic E-state index is 2.47. The van der Waals surface area contributed by atoms with Crippen LogP contribution < -0.4 is 0 Å². The predicted molar refractivity (Wildman–Crippen MR) is 90.5 cm³/mol. The molecule has 0 amide bonds. The van der Waals surface area contributed by atoms with E-state index in [1.807, 2.05) is 0 Å². The van der Waals surface area contributed by atoms with Crippen molar-refractivity contribution in [2.75, 3.05) is 4.43 Å². The third-order valence-corrected chi connectivity index (χ3v) is 4.27. The van der Waals surface area contributed by atoms with Gasteiger partial charge in [0.2, 0.25) is 0 Å². The van der Waals surface area contributed by atoms with E-state index in [-0.39, 0.29) is 0 Å². The van der Waals surface area contributed by atoms with E-state index in [0.717, 1.165) is 5.92 Å². The molecular weight excluding hydrogens is 331 g/mol.